The van der Waals surface area contributed by atoms with Crippen molar-refractivity contribution in [2.24, 2.45) is 0 Å². The monoisotopic (exact) mass is 683 g/mol. The van der Waals surface area contributed by atoms with Gasteiger partial charge in [-0.05, 0) is 64.2 Å². The van der Waals surface area contributed by atoms with Crippen molar-refractivity contribution in [1.82, 2.24) is 0 Å². The van der Waals surface area contributed by atoms with E-state index in [4.69, 9.17) is 14.2 Å². The molecule has 2 unspecified atom stereocenters. The molecule has 0 aliphatic heterocycles. The highest BCUT2D eigenvalue weighted by molar-refractivity contribution is 5.70. The molecule has 0 amide bonds. The van der Waals surface area contributed by atoms with Crippen LogP contribution < -0.4 is 5.11 Å². The van der Waals surface area contributed by atoms with Gasteiger partial charge in [-0.1, -0.05) is 105 Å². The number of carbonyl (C=O) groups excluding carboxylic acids is 3. The summed E-state index contributed by atoms with van der Waals surface area (Å²) >= 11 is 0. The maximum absolute atomic E-state index is 12.6. The smallest absolute Gasteiger partial charge is 0.306 e. The quantitative estimate of drug-likeness (QED) is 0.0252. The number of likely N-dealkylation sites (N-methyl/N-ethyl adjacent to an activating group) is 1. The van der Waals surface area contributed by atoms with Crippen molar-refractivity contribution in [3.63, 3.8) is 0 Å². The van der Waals surface area contributed by atoms with Gasteiger partial charge < -0.3 is 28.6 Å². The summed E-state index contributed by atoms with van der Waals surface area (Å²) in [5.41, 5.74) is 0. The molecule has 2 atom stereocenters. The molecule has 0 bridgehead atoms. The summed E-state index contributed by atoms with van der Waals surface area (Å²) in [5, 5.41) is 11.6. The number of aliphatic carboxylic acids is 1. The van der Waals surface area contributed by atoms with Gasteiger partial charge in [-0.15, -0.1) is 0 Å². The first-order valence-electron chi connectivity index (χ1n) is 18.2. The van der Waals surface area contributed by atoms with E-state index in [-0.39, 0.29) is 55.5 Å². The molecule has 0 N–H and O–H groups in total. The first kappa shape index (κ1) is 45.5. The van der Waals surface area contributed by atoms with Gasteiger partial charge in [0.25, 0.3) is 0 Å². The van der Waals surface area contributed by atoms with E-state index in [0.29, 0.717) is 12.8 Å². The Kier molecular flexibility index (Phi) is 29.5. The number of hydrogen-bond acceptors (Lipinski definition) is 7. The average Bonchev–Trinajstić information content (AvgIpc) is 3.05. The number of ether oxygens (including phenoxy) is 3. The normalized spacial score (nSPS) is 14.1. The Morgan fingerprint density at radius 1 is 0.633 bits per heavy atom. The largest absolute Gasteiger partial charge is 0.544 e. The molecule has 0 saturated heterocycles. The lowest BCUT2D eigenvalue weighted by atomic mass is 10.1. The second kappa shape index (κ2) is 31.8. The third kappa shape index (κ3) is 30.3. The van der Waals surface area contributed by atoms with E-state index in [1.54, 1.807) is 21.1 Å². The molecule has 0 radical (unpaired) electrons. The summed E-state index contributed by atoms with van der Waals surface area (Å²) in [6.45, 7) is 4.27. The van der Waals surface area contributed by atoms with Gasteiger partial charge >= 0.3 is 11.9 Å². The number of carboxylic acids is 1. The van der Waals surface area contributed by atoms with E-state index in [9.17, 15) is 19.5 Å². The van der Waals surface area contributed by atoms with Crippen molar-refractivity contribution in [2.45, 2.75) is 116 Å². The van der Waals surface area contributed by atoms with Gasteiger partial charge in [-0.3, -0.25) is 9.59 Å². The topological polar surface area (TPSA) is 102 Å². The Balaban J connectivity index is 4.61. The van der Waals surface area contributed by atoms with Crippen LogP contribution in [0.1, 0.15) is 104 Å². The molecule has 0 fully saturated rings. The van der Waals surface area contributed by atoms with Gasteiger partial charge in [0.2, 0.25) is 0 Å². The molecule has 0 aromatic carbocycles. The van der Waals surface area contributed by atoms with Gasteiger partial charge in [0, 0.05) is 19.3 Å². The zero-order valence-corrected chi connectivity index (χ0v) is 31.1. The van der Waals surface area contributed by atoms with Crippen LogP contribution >= 0.6 is 0 Å². The number of unbranched alkanes of at least 4 members (excludes halogenated alkanes) is 5. The third-order valence-corrected chi connectivity index (χ3v) is 7.37. The van der Waals surface area contributed by atoms with Crippen molar-refractivity contribution in [3.8, 4) is 0 Å². The summed E-state index contributed by atoms with van der Waals surface area (Å²) in [6.07, 6.45) is 39.1. The zero-order chi connectivity index (χ0) is 36.4. The zero-order valence-electron chi connectivity index (χ0n) is 31.1. The second-order valence-corrected chi connectivity index (χ2v) is 12.8. The molecular weight excluding hydrogens is 618 g/mol. The first-order chi connectivity index (χ1) is 23.6. The van der Waals surface area contributed by atoms with Crippen LogP contribution in [0.4, 0.5) is 0 Å². The highest BCUT2D eigenvalue weighted by Gasteiger charge is 2.25. The Morgan fingerprint density at radius 3 is 1.84 bits per heavy atom. The number of nitrogens with zero attached hydrogens (tertiary/aromatic N) is 1. The Hall–Kier alpha value is -3.49. The lowest BCUT2D eigenvalue weighted by Gasteiger charge is -2.34. The molecule has 49 heavy (non-hydrogen) atoms. The van der Waals surface area contributed by atoms with Crippen LogP contribution in [0.15, 0.2) is 85.1 Å². The van der Waals surface area contributed by atoms with Crippen LogP contribution in [0.2, 0.25) is 0 Å². The van der Waals surface area contributed by atoms with Gasteiger partial charge in [0.1, 0.15) is 12.6 Å². The average molecular weight is 684 g/mol. The van der Waals surface area contributed by atoms with Crippen molar-refractivity contribution in [1.29, 1.82) is 0 Å². The number of esters is 2. The van der Waals surface area contributed by atoms with Crippen molar-refractivity contribution in [2.75, 3.05) is 41.0 Å². The summed E-state index contributed by atoms with van der Waals surface area (Å²) in [5.74, 6) is -1.86. The molecule has 0 aromatic rings. The van der Waals surface area contributed by atoms with Gasteiger partial charge in [-0.2, -0.15) is 0 Å². The number of carbonyl (C=O) groups is 3. The number of quaternary nitrogens is 1. The molecule has 276 valence electrons. The van der Waals surface area contributed by atoms with Crippen LogP contribution in [0.5, 0.6) is 0 Å². The molecule has 0 saturated carbocycles. The van der Waals surface area contributed by atoms with E-state index in [2.05, 4.69) is 62.5 Å². The van der Waals surface area contributed by atoms with Crippen LogP contribution in [0, 0.1) is 0 Å². The van der Waals surface area contributed by atoms with E-state index in [0.717, 1.165) is 57.8 Å². The summed E-state index contributed by atoms with van der Waals surface area (Å²) in [7, 11) is 5.35. The molecule has 8 nitrogen and oxygen atoms in total. The molecule has 0 aliphatic carbocycles. The summed E-state index contributed by atoms with van der Waals surface area (Å²) < 4.78 is 17.0. The van der Waals surface area contributed by atoms with Crippen molar-refractivity contribution in [3.05, 3.63) is 85.1 Å². The minimum Gasteiger partial charge on any atom is -0.544 e. The van der Waals surface area contributed by atoms with Gasteiger partial charge in [-0.25, -0.2) is 0 Å². The molecule has 0 aliphatic rings. The number of rotatable bonds is 30. The fraction of sp³-hybridized carbons (Fsp3) is 0.585. The molecule has 0 aromatic heterocycles. The van der Waals surface area contributed by atoms with Crippen molar-refractivity contribution >= 4 is 17.9 Å². The molecular formula is C41H65NO7. The fourth-order valence-corrected chi connectivity index (χ4v) is 4.56. The predicted molar refractivity (Wildman–Crippen MR) is 198 cm³/mol. The molecule has 0 heterocycles. The Morgan fingerprint density at radius 2 is 1.18 bits per heavy atom. The molecule has 0 spiro atoms. The van der Waals surface area contributed by atoms with E-state index in [1.165, 1.54) is 0 Å². The Labute approximate surface area is 297 Å². The fourth-order valence-electron chi connectivity index (χ4n) is 4.56. The highest BCUT2D eigenvalue weighted by atomic mass is 16.6. The SMILES string of the molecule is CC/C=C/C=C/C=C/C=C/CCCCCC(=O)OC(COCCC(C(=O)[O-])[N+](C)(C)C)COC(=O)CCCC/C=C/C/C=C/C/C=C/CC. The van der Waals surface area contributed by atoms with Gasteiger partial charge in [0.05, 0.1) is 40.3 Å². The molecule has 0 rings (SSSR count). The number of allylic oxidation sites excluding steroid dienone is 14. The lowest BCUT2D eigenvalue weighted by Crippen LogP contribution is -2.55. The van der Waals surface area contributed by atoms with Crippen LogP contribution in [-0.4, -0.2) is 75.5 Å². The number of carboxylic acid groups (broad SMARTS) is 1. The van der Waals surface area contributed by atoms with Crippen molar-refractivity contribution < 1.29 is 38.2 Å². The van der Waals surface area contributed by atoms with E-state index in [1.807, 2.05) is 36.5 Å². The van der Waals surface area contributed by atoms with Gasteiger partial charge in [0.15, 0.2) is 6.10 Å². The second-order valence-electron chi connectivity index (χ2n) is 12.8. The number of hydrogen-bond donors (Lipinski definition) is 0. The van der Waals surface area contributed by atoms with Crippen LogP contribution in [-0.2, 0) is 28.6 Å². The first-order valence-corrected chi connectivity index (χ1v) is 18.2. The minimum atomic E-state index is -1.14. The summed E-state index contributed by atoms with van der Waals surface area (Å²) in [6, 6.07) is -0.742. The van der Waals surface area contributed by atoms with Crippen LogP contribution in [0.25, 0.3) is 0 Å². The minimum absolute atomic E-state index is 0.00640. The third-order valence-electron chi connectivity index (χ3n) is 7.37. The maximum Gasteiger partial charge on any atom is 0.306 e. The summed E-state index contributed by atoms with van der Waals surface area (Å²) in [4.78, 5) is 36.6. The molecule has 8 heteroatoms. The maximum atomic E-state index is 12.6. The van der Waals surface area contributed by atoms with Crippen LogP contribution in [0.3, 0.4) is 0 Å². The standard InChI is InChI=1S/C41H65NO7/c1-6-8-10-12-14-16-18-20-22-24-26-28-30-32-40(44)49-37(35-47-34-33-38(41(45)46)42(3,4)5)36-48-39(43)31-29-27-25-23-21-19-17-15-13-11-9-7-2/h8-12,14-18,20-23,37-38H,6-7,13,19,24-36H2,1-5H3/b10-8+,11-9+,14-12+,17-15+,18-16+,22-20+,23-21+. The van der Waals surface area contributed by atoms with E-state index < -0.39 is 18.1 Å². The van der Waals surface area contributed by atoms with E-state index >= 15 is 0 Å². The lowest BCUT2D eigenvalue weighted by molar-refractivity contribution is -0.889. The Bertz CT molecular complexity index is 1080. The highest BCUT2D eigenvalue weighted by Crippen LogP contribution is 2.10. The predicted octanol–water partition coefficient (Wildman–Crippen LogP) is 7.68.